The topological polar surface area (TPSA) is 47.0 Å². The van der Waals surface area contributed by atoms with Crippen molar-refractivity contribution in [3.8, 4) is 0 Å². The fourth-order valence-corrected chi connectivity index (χ4v) is 2.71. The Hall–Kier alpha value is -1.20. The Balaban J connectivity index is 1.70. The molecule has 0 bridgehead atoms. The summed E-state index contributed by atoms with van der Waals surface area (Å²) in [6, 6.07) is 3.95. The summed E-state index contributed by atoms with van der Waals surface area (Å²) >= 11 is 3.41. The van der Waals surface area contributed by atoms with E-state index >= 15 is 0 Å². The van der Waals surface area contributed by atoms with E-state index in [9.17, 15) is 0 Å². The quantitative estimate of drug-likeness (QED) is 0.937. The highest BCUT2D eigenvalue weighted by molar-refractivity contribution is 9.10. The van der Waals surface area contributed by atoms with Gasteiger partial charge in [-0.25, -0.2) is 0 Å². The fourth-order valence-electron chi connectivity index (χ4n) is 2.39. The van der Waals surface area contributed by atoms with Gasteiger partial charge in [0.05, 0.1) is 17.3 Å². The van der Waals surface area contributed by atoms with Gasteiger partial charge >= 0.3 is 0 Å². The van der Waals surface area contributed by atoms with Crippen LogP contribution < -0.4 is 5.32 Å². The highest BCUT2D eigenvalue weighted by atomic mass is 79.9. The van der Waals surface area contributed by atoms with E-state index in [0.717, 1.165) is 40.8 Å². The lowest BCUT2D eigenvalue weighted by molar-refractivity contribution is 0.107. The van der Waals surface area contributed by atoms with Gasteiger partial charge in [-0.1, -0.05) is 0 Å². The highest BCUT2D eigenvalue weighted by Crippen LogP contribution is 2.22. The monoisotopic (exact) mass is 321 g/mol. The highest BCUT2D eigenvalue weighted by Gasteiger charge is 2.14. The molecule has 1 aliphatic rings. The van der Waals surface area contributed by atoms with E-state index in [1.165, 1.54) is 12.8 Å². The van der Waals surface area contributed by atoms with Crippen molar-refractivity contribution in [3.63, 3.8) is 0 Å². The van der Waals surface area contributed by atoms with Gasteiger partial charge in [0.15, 0.2) is 0 Å². The van der Waals surface area contributed by atoms with Crippen molar-refractivity contribution in [3.05, 3.63) is 29.0 Å². The van der Waals surface area contributed by atoms with E-state index in [1.54, 1.807) is 6.20 Å². The van der Waals surface area contributed by atoms with Gasteiger partial charge in [-0.3, -0.25) is 9.97 Å². The van der Waals surface area contributed by atoms with E-state index in [4.69, 9.17) is 4.74 Å². The standard InChI is InChI=1S/C14H16BrN3O/c15-10-8-13-14(18-9-10)12(4-6-17-13)16-5-3-11-2-1-7-19-11/h4,6,8-9,11H,1-3,5,7H2,(H,16,17). The van der Waals surface area contributed by atoms with Crippen molar-refractivity contribution in [2.45, 2.75) is 25.4 Å². The first-order chi connectivity index (χ1) is 9.33. The Morgan fingerprint density at radius 3 is 3.21 bits per heavy atom. The molecule has 1 fully saturated rings. The van der Waals surface area contributed by atoms with Crippen LogP contribution in [0.4, 0.5) is 5.69 Å². The van der Waals surface area contributed by atoms with Gasteiger partial charge in [0, 0.05) is 30.0 Å². The number of hydrogen-bond acceptors (Lipinski definition) is 4. The van der Waals surface area contributed by atoms with E-state index in [-0.39, 0.29) is 0 Å². The van der Waals surface area contributed by atoms with Crippen LogP contribution >= 0.6 is 15.9 Å². The second kappa shape index (κ2) is 5.84. The molecular weight excluding hydrogens is 306 g/mol. The Morgan fingerprint density at radius 2 is 2.37 bits per heavy atom. The SMILES string of the molecule is Brc1cnc2c(NCCC3CCCO3)ccnc2c1. The molecule has 4 nitrogen and oxygen atoms in total. The average Bonchev–Trinajstić information content (AvgIpc) is 2.92. The Labute approximate surface area is 120 Å². The van der Waals surface area contributed by atoms with Crippen molar-refractivity contribution in [2.24, 2.45) is 0 Å². The fraction of sp³-hybridized carbons (Fsp3) is 0.429. The van der Waals surface area contributed by atoms with Gasteiger partial charge < -0.3 is 10.1 Å². The minimum absolute atomic E-state index is 0.419. The van der Waals surface area contributed by atoms with Crippen LogP contribution in [0.3, 0.4) is 0 Å². The number of nitrogens with one attached hydrogen (secondary N) is 1. The molecule has 0 aliphatic carbocycles. The van der Waals surface area contributed by atoms with Crippen LogP contribution in [0.2, 0.25) is 0 Å². The van der Waals surface area contributed by atoms with Crippen LogP contribution in [-0.4, -0.2) is 29.2 Å². The number of fused-ring (bicyclic) bond motifs is 1. The summed E-state index contributed by atoms with van der Waals surface area (Å²) < 4.78 is 6.57. The first kappa shape index (κ1) is 12.8. The third kappa shape index (κ3) is 3.04. The number of ether oxygens (including phenoxy) is 1. The minimum Gasteiger partial charge on any atom is -0.383 e. The van der Waals surface area contributed by atoms with E-state index in [1.807, 2.05) is 18.3 Å². The maximum Gasteiger partial charge on any atom is 0.112 e. The van der Waals surface area contributed by atoms with Crippen LogP contribution in [-0.2, 0) is 4.74 Å². The van der Waals surface area contributed by atoms with Crippen molar-refractivity contribution in [2.75, 3.05) is 18.5 Å². The minimum atomic E-state index is 0.419. The molecule has 2 aromatic rings. The summed E-state index contributed by atoms with van der Waals surface area (Å²) in [5, 5.41) is 3.44. The molecular formula is C14H16BrN3O. The smallest absolute Gasteiger partial charge is 0.112 e. The number of hydrogen-bond donors (Lipinski definition) is 1. The van der Waals surface area contributed by atoms with Gasteiger partial charge in [0.1, 0.15) is 5.52 Å². The summed E-state index contributed by atoms with van der Waals surface area (Å²) in [6.07, 6.45) is 7.45. The lowest BCUT2D eigenvalue weighted by atomic mass is 10.2. The molecule has 5 heteroatoms. The zero-order chi connectivity index (χ0) is 13.1. The van der Waals surface area contributed by atoms with Crippen LogP contribution in [0.1, 0.15) is 19.3 Å². The second-order valence-corrected chi connectivity index (χ2v) is 5.65. The van der Waals surface area contributed by atoms with Crippen LogP contribution in [0.25, 0.3) is 11.0 Å². The Kier molecular flexibility index (Phi) is 3.94. The summed E-state index contributed by atoms with van der Waals surface area (Å²) in [5.74, 6) is 0. The van der Waals surface area contributed by atoms with Gasteiger partial charge in [-0.05, 0) is 47.3 Å². The molecule has 0 radical (unpaired) electrons. The van der Waals surface area contributed by atoms with Gasteiger partial charge in [0.2, 0.25) is 0 Å². The maximum absolute atomic E-state index is 5.62. The van der Waals surface area contributed by atoms with Crippen molar-refractivity contribution >= 4 is 32.7 Å². The van der Waals surface area contributed by atoms with Crippen molar-refractivity contribution in [1.82, 2.24) is 9.97 Å². The summed E-state index contributed by atoms with van der Waals surface area (Å²) in [6.45, 7) is 1.82. The van der Waals surface area contributed by atoms with Crippen molar-refractivity contribution < 1.29 is 4.74 Å². The number of anilines is 1. The number of aromatic nitrogens is 2. The predicted octanol–water partition coefficient (Wildman–Crippen LogP) is 3.37. The van der Waals surface area contributed by atoms with Crippen LogP contribution in [0.5, 0.6) is 0 Å². The van der Waals surface area contributed by atoms with Gasteiger partial charge in [-0.15, -0.1) is 0 Å². The molecule has 1 saturated heterocycles. The molecule has 0 saturated carbocycles. The summed E-state index contributed by atoms with van der Waals surface area (Å²) in [7, 11) is 0. The lowest BCUT2D eigenvalue weighted by Crippen LogP contribution is -2.12. The lowest BCUT2D eigenvalue weighted by Gasteiger charge is -2.12. The third-order valence-corrected chi connectivity index (χ3v) is 3.78. The molecule has 3 rings (SSSR count). The number of halogens is 1. The molecule has 19 heavy (non-hydrogen) atoms. The molecule has 1 atom stereocenters. The predicted molar refractivity (Wildman–Crippen MR) is 79.3 cm³/mol. The molecule has 100 valence electrons. The first-order valence-electron chi connectivity index (χ1n) is 6.59. The Bertz CT molecular complexity index is 570. The molecule has 0 aromatic carbocycles. The van der Waals surface area contributed by atoms with Gasteiger partial charge in [0.25, 0.3) is 0 Å². The zero-order valence-corrected chi connectivity index (χ0v) is 12.2. The summed E-state index contributed by atoms with van der Waals surface area (Å²) in [4.78, 5) is 8.76. The third-order valence-electron chi connectivity index (χ3n) is 3.35. The molecule has 1 unspecified atom stereocenters. The second-order valence-electron chi connectivity index (χ2n) is 4.73. The molecule has 1 N–H and O–H groups in total. The number of nitrogens with zero attached hydrogens (tertiary/aromatic N) is 2. The molecule has 0 amide bonds. The molecule has 2 aromatic heterocycles. The van der Waals surface area contributed by atoms with E-state index in [0.29, 0.717) is 6.10 Å². The van der Waals surface area contributed by atoms with Crippen LogP contribution in [0.15, 0.2) is 29.0 Å². The normalized spacial score (nSPS) is 18.9. The summed E-state index contributed by atoms with van der Waals surface area (Å²) in [5.41, 5.74) is 2.85. The van der Waals surface area contributed by atoms with Gasteiger partial charge in [-0.2, -0.15) is 0 Å². The first-order valence-corrected chi connectivity index (χ1v) is 7.38. The average molecular weight is 322 g/mol. The maximum atomic E-state index is 5.62. The molecule has 3 heterocycles. The number of pyridine rings is 2. The Morgan fingerprint density at radius 1 is 1.42 bits per heavy atom. The van der Waals surface area contributed by atoms with Crippen molar-refractivity contribution in [1.29, 1.82) is 0 Å². The molecule has 1 aliphatic heterocycles. The van der Waals surface area contributed by atoms with E-state index in [2.05, 4.69) is 31.2 Å². The largest absolute Gasteiger partial charge is 0.383 e. The van der Waals surface area contributed by atoms with E-state index < -0.39 is 0 Å². The van der Waals surface area contributed by atoms with Crippen LogP contribution in [0, 0.1) is 0 Å². The molecule has 0 spiro atoms. The zero-order valence-electron chi connectivity index (χ0n) is 10.6. The number of rotatable bonds is 4.